The van der Waals surface area contributed by atoms with Crippen LogP contribution in [0, 0.1) is 5.92 Å². The Bertz CT molecular complexity index is 289. The molecule has 0 bridgehead atoms. The highest BCUT2D eigenvalue weighted by Crippen LogP contribution is 2.23. The molecule has 0 aliphatic heterocycles. The molecule has 0 unspecified atom stereocenters. The topological polar surface area (TPSA) is 9.23 Å². The number of ether oxygens (including phenoxy) is 1. The smallest absolute Gasteiger partial charge is 0.122 e. The van der Waals surface area contributed by atoms with Crippen LogP contribution in [-0.4, -0.2) is 7.11 Å². The average molecular weight is 192 g/mol. The van der Waals surface area contributed by atoms with Crippen LogP contribution in [0.15, 0.2) is 18.2 Å². The predicted octanol–water partition coefficient (Wildman–Crippen LogP) is 3.46. The van der Waals surface area contributed by atoms with Gasteiger partial charge in [0.05, 0.1) is 7.11 Å². The zero-order chi connectivity index (χ0) is 10.6. The lowest BCUT2D eigenvalue weighted by atomic mass is 10.00. The third kappa shape index (κ3) is 2.76. The molecule has 0 aliphatic rings. The normalized spacial score (nSPS) is 10.6. The van der Waals surface area contributed by atoms with Gasteiger partial charge in [-0.15, -0.1) is 0 Å². The number of hydrogen-bond acceptors (Lipinski definition) is 1. The first-order chi connectivity index (χ1) is 6.67. The van der Waals surface area contributed by atoms with Gasteiger partial charge >= 0.3 is 0 Å². The van der Waals surface area contributed by atoms with E-state index in [0.29, 0.717) is 5.92 Å². The van der Waals surface area contributed by atoms with Crippen LogP contribution in [0.2, 0.25) is 0 Å². The number of methoxy groups -OCH3 is 1. The van der Waals surface area contributed by atoms with Gasteiger partial charge in [0.2, 0.25) is 0 Å². The second-order valence-corrected chi connectivity index (χ2v) is 4.10. The Morgan fingerprint density at radius 2 is 2.00 bits per heavy atom. The lowest BCUT2D eigenvalue weighted by molar-refractivity contribution is 0.406. The van der Waals surface area contributed by atoms with E-state index in [9.17, 15) is 0 Å². The van der Waals surface area contributed by atoms with Gasteiger partial charge in [-0.25, -0.2) is 0 Å². The van der Waals surface area contributed by atoms with Gasteiger partial charge in [0.25, 0.3) is 0 Å². The van der Waals surface area contributed by atoms with Crippen molar-refractivity contribution >= 4 is 0 Å². The SMILES string of the molecule is CCc1ccc(CC(C)C)c(OC)c1. The molecule has 0 atom stereocenters. The largest absolute Gasteiger partial charge is 0.496 e. The number of aryl methyl sites for hydroxylation is 1. The minimum atomic E-state index is 0.677. The predicted molar refractivity (Wildman–Crippen MR) is 60.9 cm³/mol. The van der Waals surface area contributed by atoms with Gasteiger partial charge in [-0.1, -0.05) is 32.9 Å². The molecule has 1 nitrogen and oxygen atoms in total. The molecule has 0 N–H and O–H groups in total. The minimum absolute atomic E-state index is 0.677. The van der Waals surface area contributed by atoms with Crippen LogP contribution in [0.5, 0.6) is 5.75 Å². The zero-order valence-electron chi connectivity index (χ0n) is 9.63. The van der Waals surface area contributed by atoms with Crippen molar-refractivity contribution in [1.29, 1.82) is 0 Å². The van der Waals surface area contributed by atoms with Crippen molar-refractivity contribution in [3.05, 3.63) is 29.3 Å². The van der Waals surface area contributed by atoms with Crippen molar-refractivity contribution in [3.63, 3.8) is 0 Å². The van der Waals surface area contributed by atoms with E-state index < -0.39 is 0 Å². The summed E-state index contributed by atoms with van der Waals surface area (Å²) in [5, 5.41) is 0. The average Bonchev–Trinajstić information content (AvgIpc) is 2.17. The highest BCUT2D eigenvalue weighted by molar-refractivity contribution is 5.37. The molecular formula is C13H20O. The minimum Gasteiger partial charge on any atom is -0.496 e. The first-order valence-corrected chi connectivity index (χ1v) is 5.33. The first kappa shape index (κ1) is 11.1. The van der Waals surface area contributed by atoms with E-state index in [-0.39, 0.29) is 0 Å². The van der Waals surface area contributed by atoms with Crippen LogP contribution in [0.1, 0.15) is 31.9 Å². The Morgan fingerprint density at radius 1 is 1.29 bits per heavy atom. The van der Waals surface area contributed by atoms with E-state index in [2.05, 4.69) is 39.0 Å². The monoisotopic (exact) mass is 192 g/mol. The molecule has 0 saturated carbocycles. The number of benzene rings is 1. The Hall–Kier alpha value is -0.980. The third-order valence-corrected chi connectivity index (χ3v) is 2.39. The maximum atomic E-state index is 5.39. The van der Waals surface area contributed by atoms with Gasteiger partial charge in [-0.05, 0) is 36.0 Å². The van der Waals surface area contributed by atoms with Crippen LogP contribution in [0.4, 0.5) is 0 Å². The standard InChI is InChI=1S/C13H20O/c1-5-11-6-7-12(8-10(2)3)13(9-11)14-4/h6-7,9-10H,5,8H2,1-4H3. The van der Waals surface area contributed by atoms with E-state index in [1.54, 1.807) is 7.11 Å². The summed E-state index contributed by atoms with van der Waals surface area (Å²) >= 11 is 0. The molecular weight excluding hydrogens is 172 g/mol. The van der Waals surface area contributed by atoms with Gasteiger partial charge < -0.3 is 4.74 Å². The molecule has 0 heterocycles. The first-order valence-electron chi connectivity index (χ1n) is 5.33. The van der Waals surface area contributed by atoms with Crippen LogP contribution in [-0.2, 0) is 12.8 Å². The fraction of sp³-hybridized carbons (Fsp3) is 0.538. The Labute approximate surface area is 87.1 Å². The molecule has 0 fully saturated rings. The fourth-order valence-corrected chi connectivity index (χ4v) is 1.62. The summed E-state index contributed by atoms with van der Waals surface area (Å²) in [4.78, 5) is 0. The van der Waals surface area contributed by atoms with Crippen molar-refractivity contribution in [3.8, 4) is 5.75 Å². The molecule has 1 rings (SSSR count). The summed E-state index contributed by atoms with van der Waals surface area (Å²) in [6.07, 6.45) is 2.16. The van der Waals surface area contributed by atoms with Crippen molar-refractivity contribution in [2.75, 3.05) is 7.11 Å². The van der Waals surface area contributed by atoms with Crippen LogP contribution < -0.4 is 4.74 Å². The quantitative estimate of drug-likeness (QED) is 0.710. The zero-order valence-corrected chi connectivity index (χ0v) is 9.63. The lowest BCUT2D eigenvalue weighted by Crippen LogP contribution is -1.98. The second kappa shape index (κ2) is 5.04. The lowest BCUT2D eigenvalue weighted by Gasteiger charge is -2.11. The van der Waals surface area contributed by atoms with E-state index in [1.165, 1.54) is 11.1 Å². The van der Waals surface area contributed by atoms with Crippen molar-refractivity contribution in [2.45, 2.75) is 33.6 Å². The second-order valence-electron chi connectivity index (χ2n) is 4.10. The number of rotatable bonds is 4. The summed E-state index contributed by atoms with van der Waals surface area (Å²) in [6, 6.07) is 6.54. The Morgan fingerprint density at radius 3 is 2.50 bits per heavy atom. The van der Waals surface area contributed by atoms with E-state index >= 15 is 0 Å². The molecule has 1 heteroatoms. The summed E-state index contributed by atoms with van der Waals surface area (Å²) < 4.78 is 5.39. The maximum absolute atomic E-state index is 5.39. The van der Waals surface area contributed by atoms with Gasteiger partial charge in [0.15, 0.2) is 0 Å². The van der Waals surface area contributed by atoms with Gasteiger partial charge in [-0.2, -0.15) is 0 Å². The van der Waals surface area contributed by atoms with Gasteiger partial charge in [0, 0.05) is 0 Å². The summed E-state index contributed by atoms with van der Waals surface area (Å²) in [5.41, 5.74) is 2.66. The van der Waals surface area contributed by atoms with Crippen LogP contribution >= 0.6 is 0 Å². The van der Waals surface area contributed by atoms with Crippen molar-refractivity contribution in [2.24, 2.45) is 5.92 Å². The van der Waals surface area contributed by atoms with E-state index in [1.807, 2.05) is 0 Å². The Kier molecular flexibility index (Phi) is 3.99. The molecule has 1 aromatic rings. The van der Waals surface area contributed by atoms with Crippen LogP contribution in [0.25, 0.3) is 0 Å². The van der Waals surface area contributed by atoms with Crippen molar-refractivity contribution in [1.82, 2.24) is 0 Å². The highest BCUT2D eigenvalue weighted by Gasteiger charge is 2.05. The third-order valence-electron chi connectivity index (χ3n) is 2.39. The molecule has 78 valence electrons. The van der Waals surface area contributed by atoms with Gasteiger partial charge in [0.1, 0.15) is 5.75 Å². The molecule has 0 spiro atoms. The molecule has 0 aromatic heterocycles. The fourth-order valence-electron chi connectivity index (χ4n) is 1.62. The summed E-state index contributed by atoms with van der Waals surface area (Å²) in [5.74, 6) is 1.72. The molecule has 0 saturated heterocycles. The molecule has 0 amide bonds. The van der Waals surface area contributed by atoms with E-state index in [0.717, 1.165) is 18.6 Å². The molecule has 0 radical (unpaired) electrons. The highest BCUT2D eigenvalue weighted by atomic mass is 16.5. The summed E-state index contributed by atoms with van der Waals surface area (Å²) in [6.45, 7) is 6.62. The van der Waals surface area contributed by atoms with Crippen molar-refractivity contribution < 1.29 is 4.74 Å². The Balaban J connectivity index is 2.93. The molecule has 14 heavy (non-hydrogen) atoms. The number of hydrogen-bond donors (Lipinski definition) is 0. The summed E-state index contributed by atoms with van der Waals surface area (Å²) in [7, 11) is 1.75. The van der Waals surface area contributed by atoms with Crippen LogP contribution in [0.3, 0.4) is 0 Å². The molecule has 1 aromatic carbocycles. The maximum Gasteiger partial charge on any atom is 0.122 e. The van der Waals surface area contributed by atoms with Gasteiger partial charge in [-0.3, -0.25) is 0 Å². The van der Waals surface area contributed by atoms with E-state index in [4.69, 9.17) is 4.74 Å². The molecule has 0 aliphatic carbocycles.